The predicted molar refractivity (Wildman–Crippen MR) is 115 cm³/mol. The lowest BCUT2D eigenvalue weighted by molar-refractivity contribution is 0.537. The molecular weight excluding hydrogens is 390 g/mol. The van der Waals surface area contributed by atoms with Crippen LogP contribution in [-0.4, -0.2) is 24.5 Å². The lowest BCUT2D eigenvalue weighted by atomic mass is 10.1. The molecule has 1 aromatic carbocycles. The molecule has 7 heteroatoms. The predicted octanol–water partition coefficient (Wildman–Crippen LogP) is 3.32. The van der Waals surface area contributed by atoms with Gasteiger partial charge >= 0.3 is 5.69 Å². The van der Waals surface area contributed by atoms with Crippen molar-refractivity contribution < 1.29 is 4.42 Å². The number of aromatic nitrogens is 5. The molecule has 0 atom stereocenters. The van der Waals surface area contributed by atoms with Crippen molar-refractivity contribution in [3.63, 3.8) is 0 Å². The molecule has 0 spiro atoms. The Morgan fingerprint density at radius 3 is 2.68 bits per heavy atom. The molecule has 2 saturated carbocycles. The van der Waals surface area contributed by atoms with Crippen LogP contribution < -0.4 is 5.69 Å². The van der Waals surface area contributed by atoms with Gasteiger partial charge in [-0.25, -0.2) is 9.48 Å². The molecule has 7 nitrogen and oxygen atoms in total. The van der Waals surface area contributed by atoms with E-state index in [-0.39, 0.29) is 5.69 Å². The van der Waals surface area contributed by atoms with Gasteiger partial charge in [-0.2, -0.15) is 4.98 Å². The Morgan fingerprint density at radius 1 is 1.06 bits per heavy atom. The Kier molecular flexibility index (Phi) is 4.23. The fourth-order valence-electron chi connectivity index (χ4n) is 3.73. The van der Waals surface area contributed by atoms with Crippen LogP contribution >= 0.6 is 0 Å². The SMILES string of the molecule is O=c1nc2oc(C3CC3)c(C#CC3CC3)c2cn1Cc1cn(Cc2ccccc2)nn1. The fraction of sp³-hybridized carbons (Fsp3) is 0.333. The van der Waals surface area contributed by atoms with Gasteiger partial charge in [0.15, 0.2) is 0 Å². The monoisotopic (exact) mass is 411 g/mol. The minimum absolute atomic E-state index is 0.302. The van der Waals surface area contributed by atoms with Crippen LogP contribution in [0.3, 0.4) is 0 Å². The minimum atomic E-state index is -0.358. The average molecular weight is 411 g/mol. The van der Waals surface area contributed by atoms with E-state index in [1.54, 1.807) is 9.25 Å². The molecule has 3 heterocycles. The van der Waals surface area contributed by atoms with E-state index in [4.69, 9.17) is 4.42 Å². The number of benzene rings is 1. The number of fused-ring (bicyclic) bond motifs is 1. The second-order valence-corrected chi connectivity index (χ2v) is 8.42. The molecule has 2 fully saturated rings. The number of rotatable bonds is 5. The molecule has 0 unspecified atom stereocenters. The largest absolute Gasteiger partial charge is 0.441 e. The maximum absolute atomic E-state index is 12.6. The van der Waals surface area contributed by atoms with E-state index in [0.29, 0.717) is 36.3 Å². The van der Waals surface area contributed by atoms with Gasteiger partial charge in [0, 0.05) is 18.0 Å². The first-order valence-corrected chi connectivity index (χ1v) is 10.7. The zero-order chi connectivity index (χ0) is 20.8. The van der Waals surface area contributed by atoms with Crippen molar-refractivity contribution in [2.75, 3.05) is 0 Å². The molecule has 0 radical (unpaired) electrons. The normalized spacial score (nSPS) is 15.7. The second-order valence-electron chi connectivity index (χ2n) is 8.42. The summed E-state index contributed by atoms with van der Waals surface area (Å²) in [5, 5.41) is 9.25. The molecule has 0 N–H and O–H groups in total. The summed E-state index contributed by atoms with van der Waals surface area (Å²) in [5.74, 6) is 8.45. The van der Waals surface area contributed by atoms with Gasteiger partial charge in [0.25, 0.3) is 0 Å². The van der Waals surface area contributed by atoms with Gasteiger partial charge in [-0.1, -0.05) is 47.4 Å². The Hall–Kier alpha value is -3.66. The smallest absolute Gasteiger partial charge is 0.351 e. The third-order valence-corrected chi connectivity index (χ3v) is 5.71. The maximum atomic E-state index is 12.6. The van der Waals surface area contributed by atoms with Crippen LogP contribution in [0.25, 0.3) is 11.1 Å². The third kappa shape index (κ3) is 3.77. The number of nitrogens with zero attached hydrogens (tertiary/aromatic N) is 5. The maximum Gasteiger partial charge on any atom is 0.351 e. The first kappa shape index (κ1) is 18.1. The van der Waals surface area contributed by atoms with Crippen LogP contribution in [0.15, 0.2) is 51.9 Å². The highest BCUT2D eigenvalue weighted by Crippen LogP contribution is 2.44. The first-order valence-electron chi connectivity index (χ1n) is 10.7. The van der Waals surface area contributed by atoms with Crippen molar-refractivity contribution in [1.29, 1.82) is 0 Å². The lowest BCUT2D eigenvalue weighted by Crippen LogP contribution is -2.22. The van der Waals surface area contributed by atoms with Crippen molar-refractivity contribution in [3.8, 4) is 11.8 Å². The van der Waals surface area contributed by atoms with Gasteiger partial charge < -0.3 is 4.42 Å². The highest BCUT2D eigenvalue weighted by molar-refractivity contribution is 5.82. The quantitative estimate of drug-likeness (QED) is 0.471. The first-order chi connectivity index (χ1) is 15.2. The summed E-state index contributed by atoms with van der Waals surface area (Å²) in [6.45, 7) is 0.934. The number of hydrogen-bond donors (Lipinski definition) is 0. The zero-order valence-electron chi connectivity index (χ0n) is 17.0. The van der Waals surface area contributed by atoms with Gasteiger partial charge in [-0.15, -0.1) is 5.10 Å². The van der Waals surface area contributed by atoms with Crippen molar-refractivity contribution in [1.82, 2.24) is 24.5 Å². The van der Waals surface area contributed by atoms with Crippen LogP contribution in [0.1, 0.15) is 54.2 Å². The van der Waals surface area contributed by atoms with E-state index in [0.717, 1.165) is 35.1 Å². The number of hydrogen-bond acceptors (Lipinski definition) is 5. The molecule has 0 bridgehead atoms. The van der Waals surface area contributed by atoms with Gasteiger partial charge in [-0.05, 0) is 31.2 Å². The van der Waals surface area contributed by atoms with Crippen LogP contribution in [0.5, 0.6) is 0 Å². The second kappa shape index (κ2) is 7.24. The minimum Gasteiger partial charge on any atom is -0.441 e. The Labute approximate surface area is 178 Å². The van der Waals surface area contributed by atoms with Gasteiger partial charge in [0.05, 0.1) is 30.2 Å². The molecule has 2 aliphatic rings. The van der Waals surface area contributed by atoms with Crippen LogP contribution in [0.4, 0.5) is 0 Å². The van der Waals surface area contributed by atoms with E-state index < -0.39 is 0 Å². The number of furan rings is 1. The molecule has 0 saturated heterocycles. The van der Waals surface area contributed by atoms with E-state index in [9.17, 15) is 4.79 Å². The van der Waals surface area contributed by atoms with Gasteiger partial charge in [0.1, 0.15) is 11.5 Å². The third-order valence-electron chi connectivity index (χ3n) is 5.71. The van der Waals surface area contributed by atoms with Crippen molar-refractivity contribution >= 4 is 11.1 Å². The summed E-state index contributed by atoms with van der Waals surface area (Å²) in [6, 6.07) is 10.1. The molecule has 3 aromatic heterocycles. The highest BCUT2D eigenvalue weighted by Gasteiger charge is 2.32. The van der Waals surface area contributed by atoms with E-state index in [1.165, 1.54) is 12.8 Å². The Morgan fingerprint density at radius 2 is 1.90 bits per heavy atom. The van der Waals surface area contributed by atoms with Crippen LogP contribution in [-0.2, 0) is 13.1 Å². The molecular formula is C24H21N5O2. The zero-order valence-corrected chi connectivity index (χ0v) is 17.0. The Bertz CT molecular complexity index is 1380. The lowest BCUT2D eigenvalue weighted by Gasteiger charge is -2.02. The summed E-state index contributed by atoms with van der Waals surface area (Å²) < 4.78 is 9.31. The van der Waals surface area contributed by atoms with Gasteiger partial charge in [-0.3, -0.25) is 4.57 Å². The van der Waals surface area contributed by atoms with E-state index >= 15 is 0 Å². The molecule has 4 aromatic rings. The summed E-state index contributed by atoms with van der Waals surface area (Å²) >= 11 is 0. The summed E-state index contributed by atoms with van der Waals surface area (Å²) in [5.41, 5.74) is 2.78. The molecule has 6 rings (SSSR count). The molecule has 2 aliphatic carbocycles. The van der Waals surface area contributed by atoms with E-state index in [1.807, 2.05) is 42.7 Å². The summed E-state index contributed by atoms with van der Waals surface area (Å²) in [7, 11) is 0. The van der Waals surface area contributed by atoms with E-state index in [2.05, 4.69) is 27.1 Å². The standard InChI is InChI=1S/C24H21N5O2/c30-24-25-23-21(20(11-8-16-6-7-16)22(31-23)18-9-10-18)15-28(24)13-19-14-29(27-26-19)12-17-4-2-1-3-5-17/h1-5,14-16,18H,6-7,9-10,12-13H2. The fourth-order valence-corrected chi connectivity index (χ4v) is 3.73. The molecule has 154 valence electrons. The molecule has 0 aliphatic heterocycles. The Balaban J connectivity index is 1.32. The van der Waals surface area contributed by atoms with Gasteiger partial charge in [0.2, 0.25) is 5.71 Å². The highest BCUT2D eigenvalue weighted by atomic mass is 16.3. The average Bonchev–Trinajstić information content (AvgIpc) is 3.70. The topological polar surface area (TPSA) is 78.7 Å². The van der Waals surface area contributed by atoms with Crippen molar-refractivity contribution in [3.05, 3.63) is 75.8 Å². The van der Waals surface area contributed by atoms with Crippen LogP contribution in [0, 0.1) is 17.8 Å². The van der Waals surface area contributed by atoms with Crippen molar-refractivity contribution in [2.45, 2.75) is 44.7 Å². The molecule has 0 amide bonds. The van der Waals surface area contributed by atoms with Crippen LogP contribution in [0.2, 0.25) is 0 Å². The van der Waals surface area contributed by atoms with Crippen molar-refractivity contribution in [2.24, 2.45) is 5.92 Å². The molecule has 31 heavy (non-hydrogen) atoms. The summed E-state index contributed by atoms with van der Waals surface area (Å²) in [4.78, 5) is 16.8. The summed E-state index contributed by atoms with van der Waals surface area (Å²) in [6.07, 6.45) is 8.22.